The molecular weight excluding hydrogens is 316 g/mol. The minimum absolute atomic E-state index is 0.00789. The molecule has 0 amide bonds. The van der Waals surface area contributed by atoms with E-state index in [0.29, 0.717) is 0 Å². The van der Waals surface area contributed by atoms with Gasteiger partial charge in [0, 0.05) is 11.6 Å². The zero-order valence-electron chi connectivity index (χ0n) is 10.2. The van der Waals surface area contributed by atoms with Gasteiger partial charge in [-0.2, -0.15) is 0 Å². The van der Waals surface area contributed by atoms with Crippen LogP contribution in [0.5, 0.6) is 5.75 Å². The molecule has 0 saturated heterocycles. The van der Waals surface area contributed by atoms with Crippen LogP contribution >= 0.6 is 11.6 Å². The molecule has 0 aliphatic heterocycles. The van der Waals surface area contributed by atoms with E-state index in [0.717, 1.165) is 12.1 Å². The number of hydrogen-bond acceptors (Lipinski definition) is 4. The van der Waals surface area contributed by atoms with Gasteiger partial charge in [0.1, 0.15) is 11.8 Å². The number of rotatable bonds is 3. The highest BCUT2D eigenvalue weighted by Gasteiger charge is 2.32. The predicted molar refractivity (Wildman–Crippen MR) is 65.0 cm³/mol. The average molecular weight is 323 g/mol. The predicted octanol–water partition coefficient (Wildman–Crippen LogP) is 3.33. The van der Waals surface area contributed by atoms with Crippen molar-refractivity contribution in [3.05, 3.63) is 41.1 Å². The zero-order chi connectivity index (χ0) is 15.6. The third-order valence-corrected chi connectivity index (χ3v) is 2.53. The topological polar surface area (TPSA) is 55.2 Å². The Bertz CT molecular complexity index is 664. The molecule has 2 rings (SSSR count). The van der Waals surface area contributed by atoms with Crippen molar-refractivity contribution in [3.8, 4) is 17.0 Å². The Morgan fingerprint density at radius 3 is 2.48 bits per heavy atom. The summed E-state index contributed by atoms with van der Waals surface area (Å²) >= 11 is 5.71. The first kappa shape index (κ1) is 15.5. The Labute approximate surface area is 121 Å². The third-order valence-electron chi connectivity index (χ3n) is 2.34. The molecule has 9 heteroatoms. The lowest BCUT2D eigenvalue weighted by atomic mass is 10.1. The monoisotopic (exact) mass is 322 g/mol. The molecule has 0 unspecified atom stereocenters. The number of aromatic nitrogens is 2. The SMILES string of the molecule is OCc1nc(Cl)cc(-c2ccc(OC(F)(F)F)c(F)c2)n1. The first-order valence-electron chi connectivity index (χ1n) is 5.48. The number of halogens is 5. The summed E-state index contributed by atoms with van der Waals surface area (Å²) in [6.07, 6.45) is -4.98. The van der Waals surface area contributed by atoms with Gasteiger partial charge in [0.2, 0.25) is 0 Å². The molecule has 21 heavy (non-hydrogen) atoms. The molecule has 1 aromatic carbocycles. The van der Waals surface area contributed by atoms with Gasteiger partial charge in [-0.25, -0.2) is 14.4 Å². The Morgan fingerprint density at radius 2 is 1.90 bits per heavy atom. The van der Waals surface area contributed by atoms with Gasteiger partial charge < -0.3 is 9.84 Å². The maximum Gasteiger partial charge on any atom is 0.573 e. The second kappa shape index (κ2) is 5.82. The van der Waals surface area contributed by atoms with E-state index in [9.17, 15) is 17.6 Å². The maximum atomic E-state index is 13.6. The summed E-state index contributed by atoms with van der Waals surface area (Å²) in [5, 5.41) is 8.97. The summed E-state index contributed by atoms with van der Waals surface area (Å²) in [7, 11) is 0. The van der Waals surface area contributed by atoms with Crippen molar-refractivity contribution < 1.29 is 27.4 Å². The first-order valence-corrected chi connectivity index (χ1v) is 5.86. The Morgan fingerprint density at radius 1 is 1.19 bits per heavy atom. The number of aliphatic hydroxyl groups is 1. The van der Waals surface area contributed by atoms with Crippen LogP contribution < -0.4 is 4.74 Å². The molecule has 0 fully saturated rings. The van der Waals surface area contributed by atoms with Gasteiger partial charge in [-0.05, 0) is 18.2 Å². The van der Waals surface area contributed by atoms with Crippen LogP contribution in [0.25, 0.3) is 11.3 Å². The number of ether oxygens (including phenoxy) is 1. The van der Waals surface area contributed by atoms with Gasteiger partial charge in [0.15, 0.2) is 17.4 Å². The smallest absolute Gasteiger partial charge is 0.403 e. The van der Waals surface area contributed by atoms with Crippen molar-refractivity contribution in [1.29, 1.82) is 0 Å². The van der Waals surface area contributed by atoms with Crippen LogP contribution in [-0.2, 0) is 6.61 Å². The summed E-state index contributed by atoms with van der Waals surface area (Å²) in [6, 6.07) is 4.12. The van der Waals surface area contributed by atoms with Crippen LogP contribution in [0.4, 0.5) is 17.6 Å². The summed E-state index contributed by atoms with van der Waals surface area (Å²) in [5.74, 6) is -2.15. The van der Waals surface area contributed by atoms with Gasteiger partial charge in [-0.15, -0.1) is 13.2 Å². The van der Waals surface area contributed by atoms with E-state index >= 15 is 0 Å². The lowest BCUT2D eigenvalue weighted by Gasteiger charge is -2.10. The highest BCUT2D eigenvalue weighted by atomic mass is 35.5. The van der Waals surface area contributed by atoms with Crippen LogP contribution in [0.2, 0.25) is 5.15 Å². The molecule has 0 atom stereocenters. The molecule has 0 spiro atoms. The van der Waals surface area contributed by atoms with Crippen LogP contribution in [0.1, 0.15) is 5.82 Å². The van der Waals surface area contributed by atoms with Crippen molar-refractivity contribution in [2.45, 2.75) is 13.0 Å². The zero-order valence-corrected chi connectivity index (χ0v) is 10.9. The average Bonchev–Trinajstić information content (AvgIpc) is 2.39. The maximum absolute atomic E-state index is 13.6. The van der Waals surface area contributed by atoms with Crippen molar-refractivity contribution in [2.75, 3.05) is 0 Å². The van der Waals surface area contributed by atoms with E-state index in [-0.39, 0.29) is 22.2 Å². The fourth-order valence-corrected chi connectivity index (χ4v) is 1.75. The van der Waals surface area contributed by atoms with Gasteiger partial charge in [-0.3, -0.25) is 0 Å². The van der Waals surface area contributed by atoms with E-state index in [4.69, 9.17) is 16.7 Å². The minimum Gasteiger partial charge on any atom is -0.403 e. The second-order valence-corrected chi connectivity index (χ2v) is 4.23. The van der Waals surface area contributed by atoms with Crippen molar-refractivity contribution in [1.82, 2.24) is 9.97 Å². The van der Waals surface area contributed by atoms with Gasteiger partial charge >= 0.3 is 6.36 Å². The van der Waals surface area contributed by atoms with E-state index < -0.39 is 24.5 Å². The summed E-state index contributed by atoms with van der Waals surface area (Å²) in [4.78, 5) is 7.60. The standard InChI is InChI=1S/C12H7ClF4N2O2/c13-10-4-8(18-11(5-20)19-10)6-1-2-9(7(14)3-6)21-12(15,16)17/h1-4,20H,5H2. The van der Waals surface area contributed by atoms with Crippen molar-refractivity contribution in [3.63, 3.8) is 0 Å². The summed E-state index contributed by atoms with van der Waals surface area (Å²) in [6.45, 7) is -0.481. The molecule has 1 aromatic heterocycles. The van der Waals surface area contributed by atoms with Crippen LogP contribution in [0.3, 0.4) is 0 Å². The summed E-state index contributed by atoms with van der Waals surface area (Å²) in [5.41, 5.74) is 0.331. The molecule has 112 valence electrons. The van der Waals surface area contributed by atoms with Crippen LogP contribution in [0.15, 0.2) is 24.3 Å². The van der Waals surface area contributed by atoms with Crippen LogP contribution in [-0.4, -0.2) is 21.4 Å². The quantitative estimate of drug-likeness (QED) is 0.695. The Kier molecular flexibility index (Phi) is 4.29. The fraction of sp³-hybridized carbons (Fsp3) is 0.167. The lowest BCUT2D eigenvalue weighted by molar-refractivity contribution is -0.275. The van der Waals surface area contributed by atoms with Gasteiger partial charge in [0.25, 0.3) is 0 Å². The highest BCUT2D eigenvalue weighted by molar-refractivity contribution is 6.29. The van der Waals surface area contributed by atoms with Crippen LogP contribution in [0, 0.1) is 5.82 Å². The molecule has 0 saturated carbocycles. The molecule has 0 bridgehead atoms. The third kappa shape index (κ3) is 4.02. The first-order chi connectivity index (χ1) is 9.78. The fourth-order valence-electron chi connectivity index (χ4n) is 1.55. The molecule has 2 aromatic rings. The minimum atomic E-state index is -4.98. The van der Waals surface area contributed by atoms with E-state index in [2.05, 4.69) is 14.7 Å². The number of benzene rings is 1. The van der Waals surface area contributed by atoms with Crippen molar-refractivity contribution in [2.24, 2.45) is 0 Å². The molecule has 0 radical (unpaired) electrons. The molecular formula is C12H7ClF4N2O2. The molecule has 1 heterocycles. The second-order valence-electron chi connectivity index (χ2n) is 3.84. The van der Waals surface area contributed by atoms with E-state index in [1.54, 1.807) is 0 Å². The van der Waals surface area contributed by atoms with Gasteiger partial charge in [0.05, 0.1) is 5.69 Å². The largest absolute Gasteiger partial charge is 0.573 e. The normalized spacial score (nSPS) is 11.5. The molecule has 0 aliphatic carbocycles. The van der Waals surface area contributed by atoms with Gasteiger partial charge in [-0.1, -0.05) is 11.6 Å². The molecule has 0 aliphatic rings. The highest BCUT2D eigenvalue weighted by Crippen LogP contribution is 2.29. The number of nitrogens with zero attached hydrogens (tertiary/aromatic N) is 2. The van der Waals surface area contributed by atoms with Crippen molar-refractivity contribution >= 4 is 11.6 Å². The Balaban J connectivity index is 2.38. The lowest BCUT2D eigenvalue weighted by Crippen LogP contribution is -2.17. The Hall–Kier alpha value is -1.93. The summed E-state index contributed by atoms with van der Waals surface area (Å²) < 4.78 is 53.2. The van der Waals surface area contributed by atoms with E-state index in [1.807, 2.05) is 0 Å². The number of alkyl halides is 3. The number of hydrogen-bond donors (Lipinski definition) is 1. The molecule has 1 N–H and O–H groups in total. The van der Waals surface area contributed by atoms with E-state index in [1.165, 1.54) is 12.1 Å². The molecule has 4 nitrogen and oxygen atoms in total. The number of aliphatic hydroxyl groups excluding tert-OH is 1.